The lowest BCUT2D eigenvalue weighted by Gasteiger charge is -1.98. The van der Waals surface area contributed by atoms with E-state index in [9.17, 15) is 8.42 Å². The van der Waals surface area contributed by atoms with E-state index in [-0.39, 0.29) is 0 Å². The van der Waals surface area contributed by atoms with Crippen molar-refractivity contribution in [3.63, 3.8) is 0 Å². The van der Waals surface area contributed by atoms with Crippen LogP contribution in [0.25, 0.3) is 0 Å². The second kappa shape index (κ2) is 3.73. The summed E-state index contributed by atoms with van der Waals surface area (Å²) in [5, 5.41) is 0. The van der Waals surface area contributed by atoms with E-state index in [1.807, 2.05) is 6.07 Å². The highest BCUT2D eigenvalue weighted by Crippen LogP contribution is 1.99. The van der Waals surface area contributed by atoms with Gasteiger partial charge < -0.3 is 4.42 Å². The van der Waals surface area contributed by atoms with Crippen molar-refractivity contribution < 1.29 is 12.8 Å². The molecule has 0 aliphatic rings. The van der Waals surface area contributed by atoms with Gasteiger partial charge in [0.25, 0.3) is 0 Å². The lowest BCUT2D eigenvalue weighted by atomic mass is 10.3. The molecule has 0 aliphatic heterocycles. The molecule has 68 valence electrons. The van der Waals surface area contributed by atoms with Crippen LogP contribution < -0.4 is 4.72 Å². The van der Waals surface area contributed by atoms with Crippen LogP contribution in [0.4, 0.5) is 0 Å². The van der Waals surface area contributed by atoms with E-state index in [1.165, 1.54) is 0 Å². The Kier molecular flexibility index (Phi) is 2.88. The highest BCUT2D eigenvalue weighted by atomic mass is 32.2. The minimum absolute atomic E-state index is 0.381. The summed E-state index contributed by atoms with van der Waals surface area (Å²) in [6.45, 7) is 0.381. The van der Waals surface area contributed by atoms with Crippen LogP contribution in [0.15, 0.2) is 22.8 Å². The number of sulfonamides is 1. The molecule has 0 radical (unpaired) electrons. The fourth-order valence-corrected chi connectivity index (χ4v) is 1.29. The predicted molar refractivity (Wildman–Crippen MR) is 45.3 cm³/mol. The van der Waals surface area contributed by atoms with Crippen molar-refractivity contribution in [1.82, 2.24) is 4.72 Å². The molecule has 0 aromatic carbocycles. The third-order valence-corrected chi connectivity index (χ3v) is 2.04. The van der Waals surface area contributed by atoms with Crippen molar-refractivity contribution in [2.75, 3.05) is 12.8 Å². The standard InChI is InChI=1S/C7H11NO3S/c1-12(9,10)8-5-4-7-3-2-6-11-7/h2-3,6,8H,4-5H2,1H3. The largest absolute Gasteiger partial charge is 0.469 e. The van der Waals surface area contributed by atoms with E-state index < -0.39 is 10.0 Å². The number of rotatable bonds is 4. The van der Waals surface area contributed by atoms with Crippen LogP contribution in [-0.2, 0) is 16.4 Å². The van der Waals surface area contributed by atoms with Crippen molar-refractivity contribution in [3.8, 4) is 0 Å². The van der Waals surface area contributed by atoms with Gasteiger partial charge >= 0.3 is 0 Å². The number of hydrogen-bond acceptors (Lipinski definition) is 3. The van der Waals surface area contributed by atoms with E-state index in [0.29, 0.717) is 13.0 Å². The van der Waals surface area contributed by atoms with Gasteiger partial charge in [0.15, 0.2) is 0 Å². The van der Waals surface area contributed by atoms with Crippen LogP contribution in [0.2, 0.25) is 0 Å². The monoisotopic (exact) mass is 189 g/mol. The average molecular weight is 189 g/mol. The maximum absolute atomic E-state index is 10.6. The molecule has 0 atom stereocenters. The van der Waals surface area contributed by atoms with E-state index >= 15 is 0 Å². The van der Waals surface area contributed by atoms with Crippen molar-refractivity contribution in [1.29, 1.82) is 0 Å². The average Bonchev–Trinajstić information content (AvgIpc) is 2.36. The Labute approximate surface area is 71.6 Å². The Hall–Kier alpha value is -0.810. The van der Waals surface area contributed by atoms with Gasteiger partial charge in [-0.2, -0.15) is 0 Å². The first kappa shape index (κ1) is 9.28. The fraction of sp³-hybridized carbons (Fsp3) is 0.429. The van der Waals surface area contributed by atoms with Crippen LogP contribution in [-0.4, -0.2) is 21.2 Å². The predicted octanol–water partition coefficient (Wildman–Crippen LogP) is 0.371. The topological polar surface area (TPSA) is 59.3 Å². The lowest BCUT2D eigenvalue weighted by molar-refractivity contribution is 0.506. The molecule has 0 unspecified atom stereocenters. The van der Waals surface area contributed by atoms with E-state index in [2.05, 4.69) is 4.72 Å². The molecule has 4 nitrogen and oxygen atoms in total. The third kappa shape index (κ3) is 3.54. The summed E-state index contributed by atoms with van der Waals surface area (Å²) in [6.07, 6.45) is 3.28. The van der Waals surface area contributed by atoms with Gasteiger partial charge in [0.05, 0.1) is 12.5 Å². The van der Waals surface area contributed by atoms with Gasteiger partial charge in [0, 0.05) is 13.0 Å². The van der Waals surface area contributed by atoms with Gasteiger partial charge in [0.2, 0.25) is 10.0 Å². The van der Waals surface area contributed by atoms with Crippen LogP contribution in [0.5, 0.6) is 0 Å². The molecule has 0 saturated heterocycles. The molecular formula is C7H11NO3S. The molecule has 0 amide bonds. The van der Waals surface area contributed by atoms with Crippen molar-refractivity contribution in [3.05, 3.63) is 24.2 Å². The SMILES string of the molecule is CS(=O)(=O)NCCc1ccco1. The van der Waals surface area contributed by atoms with Crippen LogP contribution in [0.3, 0.4) is 0 Å². The molecule has 1 aromatic heterocycles. The molecule has 1 N–H and O–H groups in total. The smallest absolute Gasteiger partial charge is 0.208 e. The second-order valence-corrected chi connectivity index (χ2v) is 4.33. The zero-order chi connectivity index (χ0) is 9.03. The number of hydrogen-bond donors (Lipinski definition) is 1. The van der Waals surface area contributed by atoms with Gasteiger partial charge in [-0.15, -0.1) is 0 Å². The summed E-state index contributed by atoms with van der Waals surface area (Å²) in [7, 11) is -3.07. The van der Waals surface area contributed by atoms with Gasteiger partial charge in [-0.3, -0.25) is 0 Å². The third-order valence-electron chi connectivity index (χ3n) is 1.32. The molecule has 0 saturated carbocycles. The Balaban J connectivity index is 2.29. The number of nitrogens with one attached hydrogen (secondary N) is 1. The Morgan fingerprint density at radius 2 is 2.33 bits per heavy atom. The summed E-state index contributed by atoms with van der Waals surface area (Å²) < 4.78 is 28.6. The van der Waals surface area contributed by atoms with E-state index in [1.54, 1.807) is 12.3 Å². The molecule has 0 spiro atoms. The summed E-state index contributed by atoms with van der Waals surface area (Å²) in [6, 6.07) is 3.58. The molecule has 1 aromatic rings. The highest BCUT2D eigenvalue weighted by molar-refractivity contribution is 7.88. The van der Waals surface area contributed by atoms with Crippen molar-refractivity contribution in [2.24, 2.45) is 0 Å². The normalized spacial score (nSPS) is 11.8. The Morgan fingerprint density at radius 3 is 2.83 bits per heavy atom. The zero-order valence-electron chi connectivity index (χ0n) is 6.78. The molecule has 0 aliphatic carbocycles. The molecule has 1 heterocycles. The van der Waals surface area contributed by atoms with Gasteiger partial charge in [-0.05, 0) is 12.1 Å². The first-order chi connectivity index (χ1) is 5.58. The van der Waals surface area contributed by atoms with E-state index in [4.69, 9.17) is 4.42 Å². The first-order valence-electron chi connectivity index (χ1n) is 3.55. The Bertz CT molecular complexity index is 314. The molecule has 1 rings (SSSR count). The summed E-state index contributed by atoms with van der Waals surface area (Å²) in [5.74, 6) is 0.783. The zero-order valence-corrected chi connectivity index (χ0v) is 7.60. The lowest BCUT2D eigenvalue weighted by Crippen LogP contribution is -2.24. The summed E-state index contributed by atoms with van der Waals surface area (Å²) >= 11 is 0. The quantitative estimate of drug-likeness (QED) is 0.744. The molecule has 0 fully saturated rings. The molecule has 12 heavy (non-hydrogen) atoms. The van der Waals surface area contributed by atoms with Crippen molar-refractivity contribution in [2.45, 2.75) is 6.42 Å². The van der Waals surface area contributed by atoms with Crippen LogP contribution >= 0.6 is 0 Å². The van der Waals surface area contributed by atoms with Crippen LogP contribution in [0, 0.1) is 0 Å². The minimum Gasteiger partial charge on any atom is -0.469 e. The maximum atomic E-state index is 10.6. The first-order valence-corrected chi connectivity index (χ1v) is 5.44. The Morgan fingerprint density at radius 1 is 1.58 bits per heavy atom. The molecule has 5 heteroatoms. The highest BCUT2D eigenvalue weighted by Gasteiger charge is 2.00. The van der Waals surface area contributed by atoms with Gasteiger partial charge in [0.1, 0.15) is 5.76 Å². The number of furan rings is 1. The summed E-state index contributed by atoms with van der Waals surface area (Å²) in [4.78, 5) is 0. The van der Waals surface area contributed by atoms with Gasteiger partial charge in [-0.25, -0.2) is 13.1 Å². The maximum Gasteiger partial charge on any atom is 0.208 e. The molecular weight excluding hydrogens is 178 g/mol. The van der Waals surface area contributed by atoms with Crippen LogP contribution in [0.1, 0.15) is 5.76 Å². The van der Waals surface area contributed by atoms with Gasteiger partial charge in [-0.1, -0.05) is 0 Å². The molecule has 0 bridgehead atoms. The fourth-order valence-electron chi connectivity index (χ4n) is 0.814. The second-order valence-electron chi connectivity index (χ2n) is 2.50. The van der Waals surface area contributed by atoms with Crippen molar-refractivity contribution >= 4 is 10.0 Å². The van der Waals surface area contributed by atoms with E-state index in [0.717, 1.165) is 12.0 Å². The summed E-state index contributed by atoms with van der Waals surface area (Å²) in [5.41, 5.74) is 0. The minimum atomic E-state index is -3.07.